The molecule has 3 heteroatoms. The number of aromatic carboxylic acids is 1. The first-order chi connectivity index (χ1) is 10.1. The lowest BCUT2D eigenvalue weighted by atomic mass is 10.1. The maximum atomic E-state index is 11.6. The van der Waals surface area contributed by atoms with Crippen LogP contribution >= 0.6 is 0 Å². The normalized spacial score (nSPS) is 10.8. The first kappa shape index (κ1) is 15.4. The zero-order valence-corrected chi connectivity index (χ0v) is 13.0. The Labute approximate surface area is 126 Å². The topological polar surface area (TPSA) is 42.2 Å². The van der Waals surface area contributed by atoms with E-state index in [4.69, 9.17) is 0 Å². The molecule has 0 bridgehead atoms. The average Bonchev–Trinajstić information content (AvgIpc) is 2.71. The van der Waals surface area contributed by atoms with Gasteiger partial charge in [-0.05, 0) is 44.4 Å². The van der Waals surface area contributed by atoms with Gasteiger partial charge in [-0.1, -0.05) is 38.0 Å². The van der Waals surface area contributed by atoms with Crippen LogP contribution in [-0.4, -0.2) is 15.6 Å². The highest BCUT2D eigenvalue weighted by Gasteiger charge is 2.22. The van der Waals surface area contributed by atoms with Crippen molar-refractivity contribution >= 4 is 5.97 Å². The summed E-state index contributed by atoms with van der Waals surface area (Å²) in [5.74, 6) is -0.837. The number of unbranched alkanes of at least 4 members (excludes halogenated alkanes) is 2. The number of carboxylic acid groups (broad SMARTS) is 1. The number of para-hydroxylation sites is 1. The van der Waals surface area contributed by atoms with Gasteiger partial charge in [0.15, 0.2) is 0 Å². The fourth-order valence-electron chi connectivity index (χ4n) is 2.98. The summed E-state index contributed by atoms with van der Waals surface area (Å²) in [6.45, 7) is 6.00. The molecule has 0 saturated carbocycles. The Balaban J connectivity index is 2.55. The third-order valence-corrected chi connectivity index (χ3v) is 4.02. The second-order valence-corrected chi connectivity index (χ2v) is 5.47. The van der Waals surface area contributed by atoms with Crippen molar-refractivity contribution < 1.29 is 9.90 Å². The van der Waals surface area contributed by atoms with E-state index in [2.05, 4.69) is 11.5 Å². The fraction of sp³-hybridized carbons (Fsp3) is 0.389. The second kappa shape index (κ2) is 6.61. The molecule has 0 fully saturated rings. The Morgan fingerprint density at radius 1 is 1.14 bits per heavy atom. The summed E-state index contributed by atoms with van der Waals surface area (Å²) >= 11 is 0. The molecule has 0 aliphatic carbocycles. The van der Waals surface area contributed by atoms with Crippen LogP contribution in [0.3, 0.4) is 0 Å². The van der Waals surface area contributed by atoms with Crippen molar-refractivity contribution in [2.45, 2.75) is 46.5 Å². The van der Waals surface area contributed by atoms with Crippen LogP contribution in [0.5, 0.6) is 0 Å². The van der Waals surface area contributed by atoms with E-state index in [1.54, 1.807) is 0 Å². The van der Waals surface area contributed by atoms with Gasteiger partial charge in [-0.25, -0.2) is 4.79 Å². The molecule has 1 N–H and O–H groups in total. The number of nitrogens with zero attached hydrogens (tertiary/aromatic N) is 1. The van der Waals surface area contributed by atoms with Gasteiger partial charge in [0.25, 0.3) is 0 Å². The molecule has 0 radical (unpaired) electrons. The molecule has 112 valence electrons. The van der Waals surface area contributed by atoms with Crippen molar-refractivity contribution in [1.29, 1.82) is 0 Å². The van der Waals surface area contributed by atoms with Crippen LogP contribution < -0.4 is 0 Å². The van der Waals surface area contributed by atoms with Gasteiger partial charge < -0.3 is 9.67 Å². The molecule has 1 aromatic heterocycles. The minimum atomic E-state index is -0.837. The van der Waals surface area contributed by atoms with E-state index in [-0.39, 0.29) is 0 Å². The Kier molecular flexibility index (Phi) is 4.84. The number of rotatable bonds is 6. The van der Waals surface area contributed by atoms with Crippen molar-refractivity contribution in [2.75, 3.05) is 0 Å². The highest BCUT2D eigenvalue weighted by atomic mass is 16.4. The molecule has 0 amide bonds. The quantitative estimate of drug-likeness (QED) is 0.793. The maximum absolute atomic E-state index is 11.6. The first-order valence-corrected chi connectivity index (χ1v) is 7.57. The SMILES string of the molecule is CCCCCc1c(C)c(C(=O)O)c(C)n1-c1ccccc1. The summed E-state index contributed by atoms with van der Waals surface area (Å²) in [5.41, 5.74) is 4.34. The van der Waals surface area contributed by atoms with Gasteiger partial charge in [0.2, 0.25) is 0 Å². The largest absolute Gasteiger partial charge is 0.478 e. The molecule has 1 heterocycles. The summed E-state index contributed by atoms with van der Waals surface area (Å²) in [4.78, 5) is 11.6. The molecular formula is C18H23NO2. The van der Waals surface area contributed by atoms with Gasteiger partial charge >= 0.3 is 5.97 Å². The van der Waals surface area contributed by atoms with Crippen LogP contribution in [0.15, 0.2) is 30.3 Å². The lowest BCUT2D eigenvalue weighted by molar-refractivity contribution is 0.0695. The minimum absolute atomic E-state index is 0.449. The van der Waals surface area contributed by atoms with E-state index in [1.165, 1.54) is 6.42 Å². The molecule has 3 nitrogen and oxygen atoms in total. The number of carboxylic acids is 1. The molecule has 0 saturated heterocycles. The molecule has 0 aliphatic rings. The van der Waals surface area contributed by atoms with E-state index in [9.17, 15) is 9.90 Å². The van der Waals surface area contributed by atoms with Gasteiger partial charge in [-0.2, -0.15) is 0 Å². The lowest BCUT2D eigenvalue weighted by Crippen LogP contribution is -2.04. The van der Waals surface area contributed by atoms with Crippen LogP contribution in [0.1, 0.15) is 53.5 Å². The Bertz CT molecular complexity index is 626. The first-order valence-electron chi connectivity index (χ1n) is 7.57. The highest BCUT2D eigenvalue weighted by molar-refractivity contribution is 5.91. The predicted octanol–water partition coefficient (Wildman–Crippen LogP) is 4.53. The van der Waals surface area contributed by atoms with E-state index in [1.807, 2.05) is 44.2 Å². The molecule has 0 spiro atoms. The number of hydrogen-bond donors (Lipinski definition) is 1. The van der Waals surface area contributed by atoms with E-state index >= 15 is 0 Å². The van der Waals surface area contributed by atoms with Crippen molar-refractivity contribution in [3.8, 4) is 5.69 Å². The van der Waals surface area contributed by atoms with E-state index in [0.29, 0.717) is 5.56 Å². The molecule has 0 atom stereocenters. The van der Waals surface area contributed by atoms with Crippen LogP contribution in [-0.2, 0) is 6.42 Å². The van der Waals surface area contributed by atoms with Crippen LogP contribution in [0.4, 0.5) is 0 Å². The smallest absolute Gasteiger partial charge is 0.337 e. The highest BCUT2D eigenvalue weighted by Crippen LogP contribution is 2.27. The van der Waals surface area contributed by atoms with Crippen molar-refractivity contribution in [3.05, 3.63) is 52.8 Å². The number of carbonyl (C=O) groups is 1. The summed E-state index contributed by atoms with van der Waals surface area (Å²) in [6, 6.07) is 10.0. The zero-order valence-electron chi connectivity index (χ0n) is 13.0. The third kappa shape index (κ3) is 3.02. The van der Waals surface area contributed by atoms with Gasteiger partial charge in [0, 0.05) is 17.1 Å². The van der Waals surface area contributed by atoms with Gasteiger partial charge in [-0.15, -0.1) is 0 Å². The third-order valence-electron chi connectivity index (χ3n) is 4.02. The van der Waals surface area contributed by atoms with Crippen molar-refractivity contribution in [1.82, 2.24) is 4.57 Å². The standard InChI is InChI=1S/C18H23NO2/c1-4-5-7-12-16-13(2)17(18(20)21)14(3)19(16)15-10-8-6-9-11-15/h6,8-11H,4-5,7,12H2,1-3H3,(H,20,21). The molecule has 2 aromatic rings. The molecule has 21 heavy (non-hydrogen) atoms. The van der Waals surface area contributed by atoms with Crippen molar-refractivity contribution in [2.24, 2.45) is 0 Å². The van der Waals surface area contributed by atoms with E-state index in [0.717, 1.165) is 41.9 Å². The predicted molar refractivity (Wildman–Crippen MR) is 85.4 cm³/mol. The zero-order chi connectivity index (χ0) is 15.4. The van der Waals surface area contributed by atoms with Crippen LogP contribution in [0, 0.1) is 13.8 Å². The molecule has 2 rings (SSSR count). The summed E-state index contributed by atoms with van der Waals surface area (Å²) in [7, 11) is 0. The van der Waals surface area contributed by atoms with E-state index < -0.39 is 5.97 Å². The maximum Gasteiger partial charge on any atom is 0.337 e. The monoisotopic (exact) mass is 285 g/mol. The summed E-state index contributed by atoms with van der Waals surface area (Å²) in [6.07, 6.45) is 4.34. The average molecular weight is 285 g/mol. The molecular weight excluding hydrogens is 262 g/mol. The van der Waals surface area contributed by atoms with Crippen LogP contribution in [0.2, 0.25) is 0 Å². The number of aromatic nitrogens is 1. The Morgan fingerprint density at radius 2 is 1.81 bits per heavy atom. The van der Waals surface area contributed by atoms with Gasteiger partial charge in [-0.3, -0.25) is 0 Å². The number of benzene rings is 1. The Morgan fingerprint density at radius 3 is 2.38 bits per heavy atom. The molecule has 0 aliphatic heterocycles. The number of hydrogen-bond acceptors (Lipinski definition) is 1. The fourth-order valence-corrected chi connectivity index (χ4v) is 2.98. The minimum Gasteiger partial charge on any atom is -0.478 e. The van der Waals surface area contributed by atoms with Crippen molar-refractivity contribution in [3.63, 3.8) is 0 Å². The molecule has 0 unspecified atom stereocenters. The summed E-state index contributed by atoms with van der Waals surface area (Å²) < 4.78 is 2.11. The lowest BCUT2D eigenvalue weighted by Gasteiger charge is -2.12. The second-order valence-electron chi connectivity index (χ2n) is 5.47. The summed E-state index contributed by atoms with van der Waals surface area (Å²) in [5, 5.41) is 9.49. The Hall–Kier alpha value is -2.03. The molecule has 1 aromatic carbocycles. The van der Waals surface area contributed by atoms with Crippen LogP contribution in [0.25, 0.3) is 5.69 Å². The van der Waals surface area contributed by atoms with Gasteiger partial charge in [0.1, 0.15) is 0 Å². The van der Waals surface area contributed by atoms with Gasteiger partial charge in [0.05, 0.1) is 5.56 Å².